The quantitative estimate of drug-likeness (QED) is 0.868. The highest BCUT2D eigenvalue weighted by atomic mass is 16.1. The Morgan fingerprint density at radius 3 is 2.72 bits per heavy atom. The smallest absolute Gasteiger partial charge is 0.253 e. The van der Waals surface area contributed by atoms with Crippen LogP contribution in [0.1, 0.15) is 40.3 Å². The second kappa shape index (κ2) is 4.68. The van der Waals surface area contributed by atoms with Gasteiger partial charge in [0.05, 0.1) is 17.8 Å². The molecule has 0 aromatic carbocycles. The van der Waals surface area contributed by atoms with E-state index in [0.29, 0.717) is 5.56 Å². The number of H-pyrrole nitrogens is 1. The predicted octanol–water partition coefficient (Wildman–Crippen LogP) is 1.86. The summed E-state index contributed by atoms with van der Waals surface area (Å²) in [5, 5.41) is 7.17. The lowest BCUT2D eigenvalue weighted by molar-refractivity contribution is 0.0939. The molecule has 0 fully saturated rings. The van der Waals surface area contributed by atoms with Crippen LogP contribution in [0.15, 0.2) is 18.5 Å². The Balaban J connectivity index is 2.13. The number of rotatable bonds is 3. The molecule has 5 nitrogen and oxygen atoms in total. The van der Waals surface area contributed by atoms with Crippen LogP contribution in [0.25, 0.3) is 0 Å². The zero-order valence-corrected chi connectivity index (χ0v) is 11.1. The molecule has 2 aromatic rings. The number of aryl methyl sites for hydroxylation is 2. The molecule has 0 saturated heterocycles. The Bertz CT molecular complexity index is 567. The predicted molar refractivity (Wildman–Crippen MR) is 69.4 cm³/mol. The molecule has 96 valence electrons. The van der Waals surface area contributed by atoms with Gasteiger partial charge in [-0.2, -0.15) is 5.10 Å². The average molecular weight is 246 g/mol. The molecule has 5 heteroatoms. The first-order valence-electron chi connectivity index (χ1n) is 5.94. The lowest BCUT2D eigenvalue weighted by Crippen LogP contribution is -2.27. The number of hydrogen-bond acceptors (Lipinski definition) is 2. The summed E-state index contributed by atoms with van der Waals surface area (Å²) in [7, 11) is 1.89. The van der Waals surface area contributed by atoms with E-state index >= 15 is 0 Å². The summed E-state index contributed by atoms with van der Waals surface area (Å²) >= 11 is 0. The normalized spacial score (nSPS) is 12.4. The van der Waals surface area contributed by atoms with Gasteiger partial charge < -0.3 is 10.3 Å². The Morgan fingerprint density at radius 1 is 1.50 bits per heavy atom. The first-order chi connectivity index (χ1) is 8.50. The molecular formula is C13H18N4O. The Labute approximate surface area is 106 Å². The highest BCUT2D eigenvalue weighted by Gasteiger charge is 2.16. The topological polar surface area (TPSA) is 62.7 Å². The molecule has 0 aliphatic rings. The molecule has 0 unspecified atom stereocenters. The van der Waals surface area contributed by atoms with Crippen molar-refractivity contribution in [3.05, 3.63) is 41.0 Å². The molecular weight excluding hydrogens is 228 g/mol. The van der Waals surface area contributed by atoms with E-state index in [1.165, 1.54) is 0 Å². The van der Waals surface area contributed by atoms with Gasteiger partial charge in [-0.15, -0.1) is 0 Å². The van der Waals surface area contributed by atoms with Gasteiger partial charge in [0.1, 0.15) is 0 Å². The standard InChI is InChI=1S/C13H18N4O/c1-8-11(5-6-14-8)13(18)16-9(2)12-7-15-17(4)10(12)3/h5-7,9,14H,1-4H3,(H,16,18)/t9-/m0/s1. The van der Waals surface area contributed by atoms with Crippen LogP contribution in [-0.4, -0.2) is 20.7 Å². The van der Waals surface area contributed by atoms with Gasteiger partial charge in [-0.25, -0.2) is 0 Å². The van der Waals surface area contributed by atoms with Crippen molar-refractivity contribution in [1.29, 1.82) is 0 Å². The molecule has 1 amide bonds. The zero-order valence-electron chi connectivity index (χ0n) is 11.1. The molecule has 0 spiro atoms. The summed E-state index contributed by atoms with van der Waals surface area (Å²) in [4.78, 5) is 15.1. The largest absolute Gasteiger partial charge is 0.365 e. The van der Waals surface area contributed by atoms with E-state index in [9.17, 15) is 4.79 Å². The van der Waals surface area contributed by atoms with Crippen molar-refractivity contribution >= 4 is 5.91 Å². The van der Waals surface area contributed by atoms with Crippen molar-refractivity contribution < 1.29 is 4.79 Å². The molecule has 18 heavy (non-hydrogen) atoms. The van der Waals surface area contributed by atoms with E-state index in [1.807, 2.05) is 27.8 Å². The van der Waals surface area contributed by atoms with Crippen molar-refractivity contribution in [2.24, 2.45) is 7.05 Å². The minimum absolute atomic E-state index is 0.0551. The van der Waals surface area contributed by atoms with Crippen LogP contribution in [0, 0.1) is 13.8 Å². The monoisotopic (exact) mass is 246 g/mol. The third kappa shape index (κ3) is 2.16. The number of aromatic amines is 1. The van der Waals surface area contributed by atoms with Gasteiger partial charge in [0, 0.05) is 30.2 Å². The van der Waals surface area contributed by atoms with Crippen LogP contribution in [0.2, 0.25) is 0 Å². The summed E-state index contributed by atoms with van der Waals surface area (Å²) in [5.41, 5.74) is 3.67. The van der Waals surface area contributed by atoms with Gasteiger partial charge >= 0.3 is 0 Å². The number of nitrogens with one attached hydrogen (secondary N) is 2. The number of carbonyl (C=O) groups is 1. The van der Waals surface area contributed by atoms with Gasteiger partial charge in [-0.1, -0.05) is 0 Å². The molecule has 0 radical (unpaired) electrons. The maximum Gasteiger partial charge on any atom is 0.253 e. The number of carbonyl (C=O) groups excluding carboxylic acids is 1. The number of nitrogens with zero attached hydrogens (tertiary/aromatic N) is 2. The van der Waals surface area contributed by atoms with E-state index in [-0.39, 0.29) is 11.9 Å². The highest BCUT2D eigenvalue weighted by molar-refractivity contribution is 5.95. The van der Waals surface area contributed by atoms with Gasteiger partial charge in [-0.3, -0.25) is 9.48 Å². The third-order valence-electron chi connectivity index (χ3n) is 3.29. The molecule has 0 aliphatic heterocycles. The van der Waals surface area contributed by atoms with Crippen LogP contribution < -0.4 is 5.32 Å². The lowest BCUT2D eigenvalue weighted by atomic mass is 10.1. The fraction of sp³-hybridized carbons (Fsp3) is 0.385. The first kappa shape index (κ1) is 12.4. The first-order valence-corrected chi connectivity index (χ1v) is 5.94. The molecule has 2 aromatic heterocycles. The third-order valence-corrected chi connectivity index (χ3v) is 3.29. The van der Waals surface area contributed by atoms with Crippen LogP contribution >= 0.6 is 0 Å². The van der Waals surface area contributed by atoms with Crippen LogP contribution in [0.3, 0.4) is 0 Å². The Hall–Kier alpha value is -2.04. The lowest BCUT2D eigenvalue weighted by Gasteiger charge is -2.13. The van der Waals surface area contributed by atoms with Gasteiger partial charge in [0.15, 0.2) is 0 Å². The van der Waals surface area contributed by atoms with Crippen molar-refractivity contribution in [3.8, 4) is 0 Å². The van der Waals surface area contributed by atoms with E-state index in [1.54, 1.807) is 23.1 Å². The number of hydrogen-bond donors (Lipinski definition) is 2. The minimum atomic E-state index is -0.0653. The molecule has 0 saturated carbocycles. The minimum Gasteiger partial charge on any atom is -0.365 e. The Morgan fingerprint density at radius 2 is 2.22 bits per heavy atom. The Kier molecular flexibility index (Phi) is 3.23. The summed E-state index contributed by atoms with van der Waals surface area (Å²) in [6, 6.07) is 1.73. The second-order valence-electron chi connectivity index (χ2n) is 4.52. The number of amides is 1. The van der Waals surface area contributed by atoms with Gasteiger partial charge in [-0.05, 0) is 26.8 Å². The van der Waals surface area contributed by atoms with Crippen molar-refractivity contribution in [1.82, 2.24) is 20.1 Å². The van der Waals surface area contributed by atoms with Gasteiger partial charge in [0.2, 0.25) is 0 Å². The maximum absolute atomic E-state index is 12.1. The summed E-state index contributed by atoms with van der Waals surface area (Å²) < 4.78 is 1.81. The second-order valence-corrected chi connectivity index (χ2v) is 4.52. The van der Waals surface area contributed by atoms with Crippen LogP contribution in [0.5, 0.6) is 0 Å². The van der Waals surface area contributed by atoms with Crippen LogP contribution in [-0.2, 0) is 7.05 Å². The fourth-order valence-electron chi connectivity index (χ4n) is 1.99. The van der Waals surface area contributed by atoms with Gasteiger partial charge in [0.25, 0.3) is 5.91 Å². The zero-order chi connectivity index (χ0) is 13.3. The van der Waals surface area contributed by atoms with Crippen molar-refractivity contribution in [2.45, 2.75) is 26.8 Å². The van der Waals surface area contributed by atoms with Crippen molar-refractivity contribution in [3.63, 3.8) is 0 Å². The fourth-order valence-corrected chi connectivity index (χ4v) is 1.99. The SMILES string of the molecule is Cc1[nH]ccc1C(=O)N[C@@H](C)c1cnn(C)c1C. The summed E-state index contributed by atoms with van der Waals surface area (Å²) in [5.74, 6) is -0.0653. The maximum atomic E-state index is 12.1. The molecule has 2 N–H and O–H groups in total. The van der Waals surface area contributed by atoms with E-state index < -0.39 is 0 Å². The molecule has 1 atom stereocenters. The average Bonchev–Trinajstić information content (AvgIpc) is 2.87. The number of aromatic nitrogens is 3. The highest BCUT2D eigenvalue weighted by Crippen LogP contribution is 2.17. The summed E-state index contributed by atoms with van der Waals surface area (Å²) in [6.07, 6.45) is 3.56. The summed E-state index contributed by atoms with van der Waals surface area (Å²) in [6.45, 7) is 5.84. The van der Waals surface area contributed by atoms with E-state index in [0.717, 1.165) is 17.0 Å². The molecule has 2 rings (SSSR count). The van der Waals surface area contributed by atoms with E-state index in [2.05, 4.69) is 15.4 Å². The molecule has 0 bridgehead atoms. The molecule has 2 heterocycles. The van der Waals surface area contributed by atoms with E-state index in [4.69, 9.17) is 0 Å². The van der Waals surface area contributed by atoms with Crippen LogP contribution in [0.4, 0.5) is 0 Å². The van der Waals surface area contributed by atoms with Crippen molar-refractivity contribution in [2.75, 3.05) is 0 Å². The molecule has 0 aliphatic carbocycles.